The molecule has 1 aliphatic carbocycles. The molecule has 2 aliphatic rings. The third-order valence-corrected chi connectivity index (χ3v) is 7.02. The fraction of sp³-hybridized carbons (Fsp3) is 0.370. The number of rotatable bonds is 8. The van der Waals surface area contributed by atoms with Gasteiger partial charge in [-0.25, -0.2) is 4.68 Å². The van der Waals surface area contributed by atoms with Crippen LogP contribution in [0.5, 0.6) is 34.5 Å². The molecule has 0 bridgehead atoms. The zero-order chi connectivity index (χ0) is 27.0. The quantitative estimate of drug-likeness (QED) is 0.469. The van der Waals surface area contributed by atoms with Crippen molar-refractivity contribution in [2.24, 2.45) is 0 Å². The molecule has 1 N–H and O–H groups in total. The molecule has 5 rings (SSSR count). The number of ketones is 1. The van der Waals surface area contributed by atoms with Gasteiger partial charge in [0.25, 0.3) is 0 Å². The molecule has 0 radical (unpaired) electrons. The van der Waals surface area contributed by atoms with Gasteiger partial charge < -0.3 is 33.7 Å². The monoisotopic (exact) mass is 522 g/mol. The minimum Gasteiger partial charge on any atom is -0.493 e. The van der Waals surface area contributed by atoms with Crippen LogP contribution in [0, 0.1) is 0 Å². The first-order valence-corrected chi connectivity index (χ1v) is 12.0. The van der Waals surface area contributed by atoms with E-state index in [1.54, 1.807) is 47.3 Å². The number of nitrogens with zero attached hydrogens (tertiary/aromatic N) is 3. The molecular weight excluding hydrogens is 492 g/mol. The molecule has 11 heteroatoms. The molecule has 2 aromatic carbocycles. The van der Waals surface area contributed by atoms with E-state index in [2.05, 4.69) is 15.4 Å². The summed E-state index contributed by atoms with van der Waals surface area (Å²) >= 11 is 0. The van der Waals surface area contributed by atoms with Crippen LogP contribution in [-0.2, 0) is 4.79 Å². The lowest BCUT2D eigenvalue weighted by Gasteiger charge is -2.35. The molecule has 2 atom stereocenters. The molecule has 0 fully saturated rings. The van der Waals surface area contributed by atoms with Crippen LogP contribution >= 0.6 is 0 Å². The maximum absolute atomic E-state index is 13.9. The van der Waals surface area contributed by atoms with Crippen molar-refractivity contribution in [3.63, 3.8) is 0 Å². The van der Waals surface area contributed by atoms with Gasteiger partial charge in [-0.05, 0) is 47.7 Å². The molecule has 1 aromatic heterocycles. The number of fused-ring (bicyclic) bond motifs is 1. The van der Waals surface area contributed by atoms with Gasteiger partial charge >= 0.3 is 0 Å². The molecule has 2 heterocycles. The first-order valence-electron chi connectivity index (χ1n) is 12.0. The number of anilines is 1. The summed E-state index contributed by atoms with van der Waals surface area (Å²) in [4.78, 5) is 18.3. The number of ether oxygens (including phenoxy) is 6. The topological polar surface area (TPSA) is 115 Å². The van der Waals surface area contributed by atoms with Gasteiger partial charge in [0.2, 0.25) is 17.4 Å². The molecule has 200 valence electrons. The van der Waals surface area contributed by atoms with Crippen LogP contribution in [0.4, 0.5) is 5.95 Å². The maximum Gasteiger partial charge on any atom is 0.226 e. The Morgan fingerprint density at radius 2 is 1.29 bits per heavy atom. The van der Waals surface area contributed by atoms with Crippen molar-refractivity contribution in [2.75, 3.05) is 48.0 Å². The predicted molar refractivity (Wildman–Crippen MR) is 138 cm³/mol. The number of hydrogen-bond acceptors (Lipinski definition) is 10. The highest BCUT2D eigenvalue weighted by Crippen LogP contribution is 2.49. The Balaban J connectivity index is 1.61. The number of carbonyl (C=O) groups is 1. The highest BCUT2D eigenvalue weighted by molar-refractivity contribution is 6.00. The third-order valence-electron chi connectivity index (χ3n) is 7.02. The zero-order valence-corrected chi connectivity index (χ0v) is 22.2. The van der Waals surface area contributed by atoms with Gasteiger partial charge in [0, 0.05) is 17.7 Å². The second-order valence-corrected chi connectivity index (χ2v) is 8.89. The van der Waals surface area contributed by atoms with Gasteiger partial charge in [0.1, 0.15) is 12.4 Å². The summed E-state index contributed by atoms with van der Waals surface area (Å²) in [6, 6.07) is 6.95. The molecule has 3 aromatic rings. The summed E-state index contributed by atoms with van der Waals surface area (Å²) in [6.45, 7) is 0. The Morgan fingerprint density at radius 1 is 0.763 bits per heavy atom. The van der Waals surface area contributed by atoms with E-state index in [1.807, 2.05) is 24.3 Å². The standard InChI is InChI=1S/C27H30N4O7/c1-33-19-9-15(10-20(34-2)25(19)37-5)14-7-17-23(18(32)8-14)24(31-27(30-17)28-13-29-31)16-11-21(35-3)26(38-6)22(12-16)36-4/h9-14,24H,7-8H2,1-6H3,(H,28,29,30)/t14-,24-/m0/s1. The smallest absolute Gasteiger partial charge is 0.226 e. The highest BCUT2D eigenvalue weighted by atomic mass is 16.5. The van der Waals surface area contributed by atoms with E-state index in [1.165, 1.54) is 6.33 Å². The first kappa shape index (κ1) is 25.2. The Morgan fingerprint density at radius 3 is 1.79 bits per heavy atom. The van der Waals surface area contributed by atoms with E-state index in [4.69, 9.17) is 28.4 Å². The number of allylic oxidation sites excluding steroid dienone is 2. The molecule has 0 unspecified atom stereocenters. The maximum atomic E-state index is 13.9. The second kappa shape index (κ2) is 10.2. The Labute approximate surface area is 220 Å². The Kier molecular flexibility index (Phi) is 6.75. The molecule has 0 saturated heterocycles. The van der Waals surface area contributed by atoms with Gasteiger partial charge in [0.05, 0.1) is 42.7 Å². The van der Waals surface area contributed by atoms with E-state index in [0.29, 0.717) is 58.9 Å². The fourth-order valence-electron chi connectivity index (χ4n) is 5.29. The van der Waals surface area contributed by atoms with Gasteiger partial charge in [0.15, 0.2) is 28.8 Å². The number of nitrogens with one attached hydrogen (secondary N) is 1. The average molecular weight is 523 g/mol. The summed E-state index contributed by atoms with van der Waals surface area (Å²) < 4.78 is 34.9. The number of Topliss-reactive ketones (excluding diaryl/α,β-unsaturated/α-hetero) is 1. The predicted octanol–water partition coefficient (Wildman–Crippen LogP) is 3.75. The molecule has 11 nitrogen and oxygen atoms in total. The lowest BCUT2D eigenvalue weighted by Crippen LogP contribution is -2.33. The summed E-state index contributed by atoms with van der Waals surface area (Å²) in [5.41, 5.74) is 3.10. The van der Waals surface area contributed by atoms with Crippen molar-refractivity contribution in [1.29, 1.82) is 0 Å². The van der Waals surface area contributed by atoms with Crippen molar-refractivity contribution in [3.05, 3.63) is 53.0 Å². The van der Waals surface area contributed by atoms with Crippen LogP contribution in [0.3, 0.4) is 0 Å². The van der Waals surface area contributed by atoms with Gasteiger partial charge in [-0.15, -0.1) is 0 Å². The van der Waals surface area contributed by atoms with Gasteiger partial charge in [-0.1, -0.05) is 0 Å². The van der Waals surface area contributed by atoms with Crippen LogP contribution in [0.2, 0.25) is 0 Å². The summed E-state index contributed by atoms with van der Waals surface area (Å²) in [5, 5.41) is 7.77. The fourth-order valence-corrected chi connectivity index (χ4v) is 5.29. The molecule has 38 heavy (non-hydrogen) atoms. The number of methoxy groups -OCH3 is 6. The Bertz CT molecular complexity index is 1360. The Hall–Kier alpha value is -4.41. The number of hydrogen-bond donors (Lipinski definition) is 1. The molecule has 0 amide bonds. The first-order chi connectivity index (χ1) is 18.5. The summed E-state index contributed by atoms with van der Waals surface area (Å²) in [7, 11) is 9.38. The van der Waals surface area contributed by atoms with E-state index in [0.717, 1.165) is 16.8 Å². The van der Waals surface area contributed by atoms with Crippen LogP contribution < -0.4 is 33.7 Å². The minimum absolute atomic E-state index is 0.00240. The van der Waals surface area contributed by atoms with Crippen LogP contribution in [0.15, 0.2) is 41.9 Å². The SMILES string of the molecule is COc1cc([C@@H]2CC(=O)C3=C(C2)Nc2ncnn2[C@H]3c2cc(OC)c(OC)c(OC)c2)cc(OC)c1OC. The number of aromatic nitrogens is 3. The molecule has 0 saturated carbocycles. The van der Waals surface area contributed by atoms with Crippen molar-refractivity contribution < 1.29 is 33.2 Å². The molecule has 0 spiro atoms. The second-order valence-electron chi connectivity index (χ2n) is 8.89. The third kappa shape index (κ3) is 4.04. The van der Waals surface area contributed by atoms with Crippen LogP contribution in [-0.4, -0.2) is 63.2 Å². The molecular formula is C27H30N4O7. The van der Waals surface area contributed by atoms with Crippen LogP contribution in [0.1, 0.15) is 35.9 Å². The zero-order valence-electron chi connectivity index (χ0n) is 22.2. The summed E-state index contributed by atoms with van der Waals surface area (Å²) in [5.74, 6) is 3.47. The number of benzene rings is 2. The van der Waals surface area contributed by atoms with Gasteiger partial charge in [-0.2, -0.15) is 10.1 Å². The van der Waals surface area contributed by atoms with Crippen molar-refractivity contribution >= 4 is 11.7 Å². The van der Waals surface area contributed by atoms with E-state index < -0.39 is 6.04 Å². The average Bonchev–Trinajstić information content (AvgIpc) is 3.42. The van der Waals surface area contributed by atoms with E-state index in [-0.39, 0.29) is 11.7 Å². The van der Waals surface area contributed by atoms with Crippen molar-refractivity contribution in [3.8, 4) is 34.5 Å². The van der Waals surface area contributed by atoms with Crippen molar-refractivity contribution in [1.82, 2.24) is 14.8 Å². The normalized spacial score (nSPS) is 18.2. The highest BCUT2D eigenvalue weighted by Gasteiger charge is 2.40. The van der Waals surface area contributed by atoms with E-state index >= 15 is 0 Å². The van der Waals surface area contributed by atoms with Gasteiger partial charge in [-0.3, -0.25) is 4.79 Å². The van der Waals surface area contributed by atoms with E-state index in [9.17, 15) is 4.79 Å². The van der Waals surface area contributed by atoms with Crippen LogP contribution in [0.25, 0.3) is 0 Å². The summed E-state index contributed by atoms with van der Waals surface area (Å²) in [6.07, 6.45) is 2.34. The lowest BCUT2D eigenvalue weighted by atomic mass is 9.77. The lowest BCUT2D eigenvalue weighted by molar-refractivity contribution is -0.116. The number of carbonyl (C=O) groups excluding carboxylic acids is 1. The van der Waals surface area contributed by atoms with Crippen molar-refractivity contribution in [2.45, 2.75) is 24.8 Å². The molecule has 1 aliphatic heterocycles. The minimum atomic E-state index is -0.522. The largest absolute Gasteiger partial charge is 0.493 e.